The maximum Gasteiger partial charge on any atom is 0.357 e. The van der Waals surface area contributed by atoms with Gasteiger partial charge in [0.2, 0.25) is 6.17 Å². The lowest BCUT2D eigenvalue weighted by molar-refractivity contribution is -0.230. The van der Waals surface area contributed by atoms with Gasteiger partial charge in [0.1, 0.15) is 0 Å². The fraction of sp³-hybridized carbons (Fsp3) is 0.750. The standard InChI is InChI=1S/C4H2F5NO/c5-1-2(10-11)4(8,9)3(1,6)7/h1,11H. The molecular weight excluding hydrogens is 173 g/mol. The van der Waals surface area contributed by atoms with E-state index in [0.29, 0.717) is 0 Å². The van der Waals surface area contributed by atoms with Gasteiger partial charge in [0.05, 0.1) is 0 Å². The normalized spacial score (nSPS) is 36.8. The molecule has 1 aliphatic carbocycles. The smallest absolute Gasteiger partial charge is 0.357 e. The molecule has 0 amide bonds. The predicted octanol–water partition coefficient (Wildman–Crippen LogP) is 1.44. The van der Waals surface area contributed by atoms with Gasteiger partial charge >= 0.3 is 11.8 Å². The number of oxime groups is 1. The van der Waals surface area contributed by atoms with Gasteiger partial charge in [-0.3, -0.25) is 0 Å². The van der Waals surface area contributed by atoms with Crippen molar-refractivity contribution in [3.63, 3.8) is 0 Å². The monoisotopic (exact) mass is 175 g/mol. The van der Waals surface area contributed by atoms with Crippen molar-refractivity contribution < 1.29 is 27.2 Å². The lowest BCUT2D eigenvalue weighted by Gasteiger charge is -2.38. The lowest BCUT2D eigenvalue weighted by Crippen LogP contribution is -2.69. The topological polar surface area (TPSA) is 32.6 Å². The molecule has 11 heavy (non-hydrogen) atoms. The zero-order valence-electron chi connectivity index (χ0n) is 4.86. The largest absolute Gasteiger partial charge is 0.411 e. The fourth-order valence-electron chi connectivity index (χ4n) is 0.697. The minimum absolute atomic E-state index is 1.73. The first-order valence-corrected chi connectivity index (χ1v) is 2.48. The molecule has 0 aliphatic heterocycles. The first kappa shape index (κ1) is 8.22. The average molecular weight is 175 g/mol. The minimum atomic E-state index is -4.74. The van der Waals surface area contributed by atoms with E-state index in [9.17, 15) is 22.0 Å². The number of hydrogen-bond donors (Lipinski definition) is 1. The SMILES string of the molecule is ON=C1C(F)C(F)(F)C1(F)F. The van der Waals surface area contributed by atoms with Gasteiger partial charge in [-0.05, 0) is 0 Å². The predicted molar refractivity (Wildman–Crippen MR) is 24.0 cm³/mol. The third-order valence-corrected chi connectivity index (χ3v) is 1.41. The molecule has 1 rings (SSSR count). The molecule has 1 fully saturated rings. The average Bonchev–Trinajstić information content (AvgIpc) is 1.88. The summed E-state index contributed by atoms with van der Waals surface area (Å²) in [7, 11) is 0. The van der Waals surface area contributed by atoms with Gasteiger partial charge in [-0.1, -0.05) is 5.16 Å². The van der Waals surface area contributed by atoms with Crippen LogP contribution in [0.15, 0.2) is 5.16 Å². The Morgan fingerprint density at radius 2 is 1.73 bits per heavy atom. The van der Waals surface area contributed by atoms with E-state index >= 15 is 0 Å². The number of nitrogens with zero attached hydrogens (tertiary/aromatic N) is 1. The van der Waals surface area contributed by atoms with Gasteiger partial charge in [0.25, 0.3) is 0 Å². The summed E-state index contributed by atoms with van der Waals surface area (Å²) >= 11 is 0. The lowest BCUT2D eigenvalue weighted by atomic mass is 9.84. The van der Waals surface area contributed by atoms with Crippen LogP contribution in [0.3, 0.4) is 0 Å². The van der Waals surface area contributed by atoms with Gasteiger partial charge in [-0.25, -0.2) is 4.39 Å². The van der Waals surface area contributed by atoms with Crippen LogP contribution in [-0.2, 0) is 0 Å². The second kappa shape index (κ2) is 1.83. The Kier molecular flexibility index (Phi) is 1.37. The number of hydrogen-bond acceptors (Lipinski definition) is 2. The summed E-state index contributed by atoms with van der Waals surface area (Å²) in [4.78, 5) is 0. The third-order valence-electron chi connectivity index (χ3n) is 1.41. The maximum absolute atomic E-state index is 12.0. The highest BCUT2D eigenvalue weighted by Crippen LogP contribution is 2.50. The molecule has 0 aromatic carbocycles. The molecule has 0 bridgehead atoms. The molecule has 0 saturated heterocycles. The summed E-state index contributed by atoms with van der Waals surface area (Å²) in [5.41, 5.74) is -1.82. The maximum atomic E-state index is 12.0. The van der Waals surface area contributed by atoms with Crippen molar-refractivity contribution in [2.75, 3.05) is 0 Å². The Balaban J connectivity index is 2.98. The Morgan fingerprint density at radius 1 is 1.27 bits per heavy atom. The fourth-order valence-corrected chi connectivity index (χ4v) is 0.697. The molecule has 0 radical (unpaired) electrons. The molecule has 1 unspecified atom stereocenters. The van der Waals surface area contributed by atoms with Crippen LogP contribution >= 0.6 is 0 Å². The number of halogens is 5. The molecule has 1 atom stereocenters. The van der Waals surface area contributed by atoms with E-state index in [1.54, 1.807) is 5.16 Å². The van der Waals surface area contributed by atoms with Crippen molar-refractivity contribution in [2.24, 2.45) is 5.16 Å². The van der Waals surface area contributed by atoms with Crippen LogP contribution < -0.4 is 0 Å². The molecule has 0 aromatic rings. The molecule has 0 aromatic heterocycles. The van der Waals surface area contributed by atoms with E-state index in [-0.39, 0.29) is 0 Å². The van der Waals surface area contributed by atoms with Gasteiger partial charge < -0.3 is 5.21 Å². The zero-order chi connectivity index (χ0) is 8.86. The summed E-state index contributed by atoms with van der Waals surface area (Å²) in [5.74, 6) is -9.39. The van der Waals surface area contributed by atoms with E-state index < -0.39 is 23.7 Å². The molecule has 1 aliphatic rings. The second-order valence-electron chi connectivity index (χ2n) is 2.05. The number of alkyl halides is 5. The first-order chi connectivity index (χ1) is 4.85. The first-order valence-electron chi connectivity index (χ1n) is 2.48. The zero-order valence-corrected chi connectivity index (χ0v) is 4.86. The van der Waals surface area contributed by atoms with Crippen molar-refractivity contribution in [3.05, 3.63) is 0 Å². The Labute approximate surface area is 57.3 Å². The minimum Gasteiger partial charge on any atom is -0.411 e. The van der Waals surface area contributed by atoms with Crippen LogP contribution in [0.5, 0.6) is 0 Å². The van der Waals surface area contributed by atoms with Crippen LogP contribution in [0.2, 0.25) is 0 Å². The van der Waals surface area contributed by atoms with Gasteiger partial charge in [-0.2, -0.15) is 17.6 Å². The molecular formula is C4H2F5NO. The van der Waals surface area contributed by atoms with Crippen molar-refractivity contribution in [2.45, 2.75) is 18.0 Å². The van der Waals surface area contributed by atoms with E-state index in [4.69, 9.17) is 5.21 Å². The van der Waals surface area contributed by atoms with E-state index in [0.717, 1.165) is 0 Å². The van der Waals surface area contributed by atoms with Crippen molar-refractivity contribution in [3.8, 4) is 0 Å². The van der Waals surface area contributed by atoms with Crippen LogP contribution in [-0.4, -0.2) is 28.9 Å². The Morgan fingerprint density at radius 3 is 1.91 bits per heavy atom. The summed E-state index contributed by atoms with van der Waals surface area (Å²) in [6, 6.07) is 0. The van der Waals surface area contributed by atoms with Crippen LogP contribution in [0.1, 0.15) is 0 Å². The van der Waals surface area contributed by atoms with Gasteiger partial charge in [-0.15, -0.1) is 0 Å². The third kappa shape index (κ3) is 0.678. The molecule has 1 saturated carbocycles. The molecule has 0 spiro atoms. The van der Waals surface area contributed by atoms with Crippen molar-refractivity contribution >= 4 is 5.71 Å². The molecule has 7 heteroatoms. The highest BCUT2D eigenvalue weighted by Gasteiger charge is 2.79. The Hall–Kier alpha value is -0.880. The summed E-state index contributed by atoms with van der Waals surface area (Å²) < 4.78 is 59.5. The van der Waals surface area contributed by atoms with E-state index in [1.807, 2.05) is 0 Å². The van der Waals surface area contributed by atoms with Crippen LogP contribution in [0, 0.1) is 0 Å². The quantitative estimate of drug-likeness (QED) is 0.337. The second-order valence-corrected chi connectivity index (χ2v) is 2.05. The van der Waals surface area contributed by atoms with Crippen LogP contribution in [0.4, 0.5) is 22.0 Å². The Bertz CT molecular complexity index is 213. The van der Waals surface area contributed by atoms with Crippen molar-refractivity contribution in [1.29, 1.82) is 0 Å². The molecule has 2 nitrogen and oxygen atoms in total. The highest BCUT2D eigenvalue weighted by molar-refractivity contribution is 6.03. The summed E-state index contributed by atoms with van der Waals surface area (Å²) in [6.45, 7) is 0. The van der Waals surface area contributed by atoms with E-state index in [1.165, 1.54) is 0 Å². The van der Waals surface area contributed by atoms with Crippen molar-refractivity contribution in [1.82, 2.24) is 0 Å². The van der Waals surface area contributed by atoms with E-state index in [2.05, 4.69) is 0 Å². The highest BCUT2D eigenvalue weighted by atomic mass is 19.3. The number of rotatable bonds is 0. The molecule has 64 valence electrons. The van der Waals surface area contributed by atoms with Crippen LogP contribution in [0.25, 0.3) is 0 Å². The molecule has 0 heterocycles. The van der Waals surface area contributed by atoms with Gasteiger partial charge in [0.15, 0.2) is 5.71 Å². The van der Waals surface area contributed by atoms with Gasteiger partial charge in [0, 0.05) is 0 Å². The summed E-state index contributed by atoms with van der Waals surface area (Å²) in [6.07, 6.45) is -3.18. The molecule has 1 N–H and O–H groups in total. The summed E-state index contributed by atoms with van der Waals surface area (Å²) in [5, 5.41) is 9.39.